The number of ether oxygens (including phenoxy) is 2. The minimum absolute atomic E-state index is 0.165. The number of hydrogen-bond donors (Lipinski definition) is 0. The van der Waals surface area contributed by atoms with Crippen molar-refractivity contribution >= 4 is 27.5 Å². The summed E-state index contributed by atoms with van der Waals surface area (Å²) < 4.78 is 14.0. The molecular weight excluding hydrogens is 348 g/mol. The van der Waals surface area contributed by atoms with Crippen LogP contribution in [0.25, 0.3) is 10.2 Å². The first-order chi connectivity index (χ1) is 12.7. The molecule has 136 valence electrons. The van der Waals surface area contributed by atoms with E-state index in [1.807, 2.05) is 60.9 Å². The van der Waals surface area contributed by atoms with Gasteiger partial charge in [-0.05, 0) is 43.7 Å². The van der Waals surface area contributed by atoms with Gasteiger partial charge in [0.25, 0.3) is 5.91 Å². The van der Waals surface area contributed by atoms with Crippen LogP contribution in [0.1, 0.15) is 19.4 Å². The van der Waals surface area contributed by atoms with Crippen molar-refractivity contribution < 1.29 is 14.3 Å². The molecule has 6 heteroatoms. The standard InChI is InChI=1S/C20H22N2O3S/c1-4-22-19-16(24-3)7-6-8-17(19)26-20(22)21-18(23)13-14-9-11-15(12-10-14)25-5-2/h6-12H,4-5,13H2,1-3H3. The fourth-order valence-electron chi connectivity index (χ4n) is 2.83. The summed E-state index contributed by atoms with van der Waals surface area (Å²) in [5.74, 6) is 1.43. The molecule has 1 amide bonds. The molecule has 0 saturated carbocycles. The number of fused-ring (bicyclic) bond motifs is 1. The minimum atomic E-state index is -0.165. The number of methoxy groups -OCH3 is 1. The number of benzene rings is 2. The van der Waals surface area contributed by atoms with Crippen molar-refractivity contribution in [2.45, 2.75) is 26.8 Å². The number of aromatic nitrogens is 1. The van der Waals surface area contributed by atoms with Crippen molar-refractivity contribution in [1.82, 2.24) is 4.57 Å². The average Bonchev–Trinajstić information content (AvgIpc) is 3.00. The molecule has 5 nitrogen and oxygen atoms in total. The first kappa shape index (κ1) is 18.2. The Balaban J connectivity index is 1.90. The Morgan fingerprint density at radius 1 is 1.15 bits per heavy atom. The van der Waals surface area contributed by atoms with Crippen LogP contribution in [-0.2, 0) is 17.8 Å². The van der Waals surface area contributed by atoms with Gasteiger partial charge in [0.15, 0.2) is 4.80 Å². The number of thiazole rings is 1. The third kappa shape index (κ3) is 3.80. The lowest BCUT2D eigenvalue weighted by Gasteiger charge is -2.05. The van der Waals surface area contributed by atoms with Gasteiger partial charge in [0.2, 0.25) is 0 Å². The van der Waals surface area contributed by atoms with Gasteiger partial charge in [0, 0.05) is 6.54 Å². The van der Waals surface area contributed by atoms with Crippen LogP contribution in [0, 0.1) is 0 Å². The molecule has 26 heavy (non-hydrogen) atoms. The molecule has 0 atom stereocenters. The third-order valence-corrected chi connectivity index (χ3v) is 5.05. The van der Waals surface area contributed by atoms with E-state index in [0.29, 0.717) is 11.4 Å². The summed E-state index contributed by atoms with van der Waals surface area (Å²) in [6, 6.07) is 13.5. The molecule has 0 fully saturated rings. The lowest BCUT2D eigenvalue weighted by molar-refractivity contribution is -0.117. The Morgan fingerprint density at radius 2 is 1.92 bits per heavy atom. The van der Waals surface area contributed by atoms with Crippen molar-refractivity contribution in [3.63, 3.8) is 0 Å². The summed E-state index contributed by atoms with van der Waals surface area (Å²) in [5.41, 5.74) is 1.90. The Labute approximate surface area is 156 Å². The Morgan fingerprint density at radius 3 is 2.58 bits per heavy atom. The lowest BCUT2D eigenvalue weighted by atomic mass is 10.1. The topological polar surface area (TPSA) is 52.8 Å². The Hall–Kier alpha value is -2.60. The SMILES string of the molecule is CCOc1ccc(CC(=O)N=c2sc3cccc(OC)c3n2CC)cc1. The molecule has 0 unspecified atom stereocenters. The molecule has 3 rings (SSSR count). The summed E-state index contributed by atoms with van der Waals surface area (Å²) >= 11 is 1.50. The number of amides is 1. The maximum atomic E-state index is 12.5. The van der Waals surface area contributed by atoms with Gasteiger partial charge in [0.05, 0.1) is 24.8 Å². The van der Waals surface area contributed by atoms with Crippen molar-refractivity contribution in [2.75, 3.05) is 13.7 Å². The molecular formula is C20H22N2O3S. The van der Waals surface area contributed by atoms with Crippen molar-refractivity contribution in [1.29, 1.82) is 0 Å². The van der Waals surface area contributed by atoms with Crippen molar-refractivity contribution in [2.24, 2.45) is 4.99 Å². The minimum Gasteiger partial charge on any atom is -0.495 e. The second-order valence-electron chi connectivity index (χ2n) is 5.70. The molecule has 0 saturated heterocycles. The predicted molar refractivity (Wildman–Crippen MR) is 104 cm³/mol. The van der Waals surface area contributed by atoms with Crippen molar-refractivity contribution in [3.8, 4) is 11.5 Å². The van der Waals surface area contributed by atoms with Crippen LogP contribution in [0.5, 0.6) is 11.5 Å². The maximum absolute atomic E-state index is 12.5. The van der Waals surface area contributed by atoms with E-state index in [1.54, 1.807) is 7.11 Å². The molecule has 1 aromatic heterocycles. The number of hydrogen-bond acceptors (Lipinski definition) is 4. The van der Waals surface area contributed by atoms with E-state index in [0.717, 1.165) is 33.8 Å². The van der Waals surface area contributed by atoms with Crippen LogP contribution in [-0.4, -0.2) is 24.2 Å². The summed E-state index contributed by atoms with van der Waals surface area (Å²) in [6.45, 7) is 5.32. The van der Waals surface area contributed by atoms with Gasteiger partial charge in [-0.1, -0.05) is 29.5 Å². The fraction of sp³-hybridized carbons (Fsp3) is 0.300. The third-order valence-electron chi connectivity index (χ3n) is 4.01. The summed E-state index contributed by atoms with van der Waals surface area (Å²) in [7, 11) is 1.65. The normalized spacial score (nSPS) is 11.7. The van der Waals surface area contributed by atoms with Crippen LogP contribution in [0.15, 0.2) is 47.5 Å². The van der Waals surface area contributed by atoms with Gasteiger partial charge in [-0.3, -0.25) is 4.79 Å². The van der Waals surface area contributed by atoms with Crippen LogP contribution in [0.4, 0.5) is 0 Å². The summed E-state index contributed by atoms with van der Waals surface area (Å²) in [5, 5.41) is 0. The van der Waals surface area contributed by atoms with E-state index >= 15 is 0 Å². The zero-order valence-electron chi connectivity index (χ0n) is 15.2. The van der Waals surface area contributed by atoms with Gasteiger partial charge in [-0.2, -0.15) is 4.99 Å². The van der Waals surface area contributed by atoms with Crippen LogP contribution in [0.2, 0.25) is 0 Å². The number of nitrogens with zero attached hydrogens (tertiary/aromatic N) is 2. The predicted octanol–water partition coefficient (Wildman–Crippen LogP) is 3.80. The van der Waals surface area contributed by atoms with Crippen LogP contribution < -0.4 is 14.3 Å². The molecule has 1 heterocycles. The number of aryl methyl sites for hydroxylation is 1. The zero-order valence-corrected chi connectivity index (χ0v) is 16.0. The van der Waals surface area contributed by atoms with Crippen molar-refractivity contribution in [3.05, 3.63) is 52.8 Å². The smallest absolute Gasteiger partial charge is 0.252 e. The van der Waals surface area contributed by atoms with E-state index < -0.39 is 0 Å². The number of carbonyl (C=O) groups is 1. The Bertz CT molecular complexity index is 971. The molecule has 2 aromatic carbocycles. The molecule has 0 aliphatic rings. The molecule has 0 aliphatic heterocycles. The molecule has 0 radical (unpaired) electrons. The average molecular weight is 370 g/mol. The highest BCUT2D eigenvalue weighted by Crippen LogP contribution is 2.27. The number of para-hydroxylation sites is 1. The van der Waals surface area contributed by atoms with E-state index in [4.69, 9.17) is 9.47 Å². The zero-order chi connectivity index (χ0) is 18.5. The summed E-state index contributed by atoms with van der Waals surface area (Å²) in [4.78, 5) is 17.5. The van der Waals surface area contributed by atoms with Gasteiger partial charge in [-0.15, -0.1) is 0 Å². The highest BCUT2D eigenvalue weighted by Gasteiger charge is 2.11. The number of carbonyl (C=O) groups excluding carboxylic acids is 1. The molecule has 0 N–H and O–H groups in total. The molecule has 0 spiro atoms. The fourth-order valence-corrected chi connectivity index (χ4v) is 3.96. The highest BCUT2D eigenvalue weighted by atomic mass is 32.1. The maximum Gasteiger partial charge on any atom is 0.252 e. The first-order valence-electron chi connectivity index (χ1n) is 8.61. The second kappa shape index (κ2) is 8.19. The molecule has 0 bridgehead atoms. The van der Waals surface area contributed by atoms with E-state index in [1.165, 1.54) is 11.3 Å². The van der Waals surface area contributed by atoms with Crippen LogP contribution in [0.3, 0.4) is 0 Å². The van der Waals surface area contributed by atoms with Gasteiger partial charge >= 0.3 is 0 Å². The summed E-state index contributed by atoms with van der Waals surface area (Å²) in [6.07, 6.45) is 0.265. The monoisotopic (exact) mass is 370 g/mol. The Kier molecular flexibility index (Phi) is 5.73. The van der Waals surface area contributed by atoms with Gasteiger partial charge < -0.3 is 14.0 Å². The van der Waals surface area contributed by atoms with E-state index in [9.17, 15) is 4.79 Å². The van der Waals surface area contributed by atoms with E-state index in [2.05, 4.69) is 4.99 Å². The second-order valence-corrected chi connectivity index (χ2v) is 6.70. The molecule has 0 aliphatic carbocycles. The number of rotatable bonds is 6. The lowest BCUT2D eigenvalue weighted by Crippen LogP contribution is -2.16. The van der Waals surface area contributed by atoms with Gasteiger partial charge in [0.1, 0.15) is 17.0 Å². The van der Waals surface area contributed by atoms with E-state index in [-0.39, 0.29) is 12.3 Å². The quantitative estimate of drug-likeness (QED) is 0.663. The molecule has 3 aromatic rings. The first-order valence-corrected chi connectivity index (χ1v) is 9.43. The van der Waals surface area contributed by atoms with Crippen LogP contribution >= 0.6 is 11.3 Å². The highest BCUT2D eigenvalue weighted by molar-refractivity contribution is 7.16. The largest absolute Gasteiger partial charge is 0.495 e. The van der Waals surface area contributed by atoms with Gasteiger partial charge in [-0.25, -0.2) is 0 Å².